The molecule has 0 aliphatic carbocycles. The van der Waals surface area contributed by atoms with Crippen molar-refractivity contribution in [3.8, 4) is 0 Å². The van der Waals surface area contributed by atoms with Gasteiger partial charge in [0.1, 0.15) is 5.69 Å². The number of aromatic nitrogens is 2. The van der Waals surface area contributed by atoms with E-state index >= 15 is 0 Å². The Hall–Kier alpha value is -2.43. The lowest BCUT2D eigenvalue weighted by molar-refractivity contribution is 0.0309. The second-order valence-electron chi connectivity index (χ2n) is 8.37. The molecule has 35 heavy (non-hydrogen) atoms. The molecular weight excluding hydrogens is 448 g/mol. The summed E-state index contributed by atoms with van der Waals surface area (Å²) in [7, 11) is 1.36. The molecule has 0 spiro atoms. The average molecular weight is 487 g/mol. The second-order valence-corrected chi connectivity index (χ2v) is 8.37. The quantitative estimate of drug-likeness (QED) is 0.570. The maximum atomic E-state index is 11.8. The number of esters is 1. The molecule has 9 heteroatoms. The standard InChI is InChI=1S/C26H38N4O5/c1-3-22-6-4-7-23(27-22)20-29-10-14-33-15-11-30(13-17-35-19-18-34-16-12-29)21-24-8-5-9-25(28-24)26(31)32-2/h4-9H,3,10-21H2,1-2H3. The fraction of sp³-hybridized carbons (Fsp3) is 0.577. The number of methoxy groups -OCH3 is 1. The van der Waals surface area contributed by atoms with Crippen LogP contribution in [0.15, 0.2) is 36.4 Å². The number of carbonyl (C=O) groups excluding carboxylic acids is 1. The van der Waals surface area contributed by atoms with Crippen LogP contribution in [0.25, 0.3) is 0 Å². The van der Waals surface area contributed by atoms with Gasteiger partial charge in [0.15, 0.2) is 0 Å². The lowest BCUT2D eigenvalue weighted by Gasteiger charge is -2.23. The van der Waals surface area contributed by atoms with Crippen LogP contribution in [0.5, 0.6) is 0 Å². The second kappa shape index (κ2) is 15.5. The molecule has 1 saturated heterocycles. The van der Waals surface area contributed by atoms with E-state index in [-0.39, 0.29) is 0 Å². The molecule has 0 saturated carbocycles. The minimum Gasteiger partial charge on any atom is -0.464 e. The van der Waals surface area contributed by atoms with E-state index in [2.05, 4.69) is 39.9 Å². The van der Waals surface area contributed by atoms with Crippen molar-refractivity contribution in [2.45, 2.75) is 26.4 Å². The normalized spacial score (nSPS) is 17.9. The number of hydrogen-bond acceptors (Lipinski definition) is 9. The van der Waals surface area contributed by atoms with Crippen molar-refractivity contribution >= 4 is 5.97 Å². The Morgan fingerprint density at radius 1 is 0.771 bits per heavy atom. The van der Waals surface area contributed by atoms with Crippen LogP contribution < -0.4 is 0 Å². The third-order valence-electron chi connectivity index (χ3n) is 5.78. The van der Waals surface area contributed by atoms with Crippen molar-refractivity contribution in [1.82, 2.24) is 19.8 Å². The number of carbonyl (C=O) groups is 1. The van der Waals surface area contributed by atoms with E-state index in [1.807, 2.05) is 12.1 Å². The van der Waals surface area contributed by atoms with Gasteiger partial charge in [-0.15, -0.1) is 0 Å². The first-order chi connectivity index (χ1) is 17.2. The van der Waals surface area contributed by atoms with Gasteiger partial charge in [-0.2, -0.15) is 0 Å². The highest BCUT2D eigenvalue weighted by molar-refractivity contribution is 5.87. The molecule has 192 valence electrons. The van der Waals surface area contributed by atoms with Crippen LogP contribution in [0.1, 0.15) is 34.5 Å². The molecule has 2 aromatic heterocycles. The summed E-state index contributed by atoms with van der Waals surface area (Å²) in [6, 6.07) is 11.6. The third kappa shape index (κ3) is 9.99. The Bertz CT molecular complexity index is 898. The molecule has 0 N–H and O–H groups in total. The number of aryl methyl sites for hydroxylation is 1. The Morgan fingerprint density at radius 2 is 1.26 bits per heavy atom. The maximum absolute atomic E-state index is 11.8. The summed E-state index contributed by atoms with van der Waals surface area (Å²) in [5, 5.41) is 0. The zero-order valence-corrected chi connectivity index (χ0v) is 21.0. The van der Waals surface area contributed by atoms with Crippen molar-refractivity contribution in [3.05, 3.63) is 59.2 Å². The highest BCUT2D eigenvalue weighted by atomic mass is 16.5. The molecule has 0 atom stereocenters. The highest BCUT2D eigenvalue weighted by Gasteiger charge is 2.13. The number of ether oxygens (including phenoxy) is 4. The van der Waals surface area contributed by atoms with E-state index in [4.69, 9.17) is 23.9 Å². The largest absolute Gasteiger partial charge is 0.464 e. The molecule has 9 nitrogen and oxygen atoms in total. The first kappa shape index (κ1) is 27.2. The van der Waals surface area contributed by atoms with Crippen molar-refractivity contribution in [3.63, 3.8) is 0 Å². The van der Waals surface area contributed by atoms with Crippen LogP contribution >= 0.6 is 0 Å². The predicted octanol–water partition coefficient (Wildman–Crippen LogP) is 2.19. The van der Waals surface area contributed by atoms with Gasteiger partial charge in [-0.1, -0.05) is 19.1 Å². The molecular formula is C26H38N4O5. The zero-order valence-electron chi connectivity index (χ0n) is 21.0. The van der Waals surface area contributed by atoms with Gasteiger partial charge in [0.05, 0.1) is 58.1 Å². The topological polar surface area (TPSA) is 86.3 Å². The van der Waals surface area contributed by atoms with Gasteiger partial charge in [0.2, 0.25) is 0 Å². The Morgan fingerprint density at radius 3 is 1.80 bits per heavy atom. The Kier molecular flexibility index (Phi) is 12.1. The van der Waals surface area contributed by atoms with Crippen molar-refractivity contribution in [2.75, 3.05) is 72.9 Å². The summed E-state index contributed by atoms with van der Waals surface area (Å²) in [5.74, 6) is -0.434. The first-order valence-electron chi connectivity index (χ1n) is 12.3. The lowest BCUT2D eigenvalue weighted by Crippen LogP contribution is -2.33. The Labute approximate surface area is 208 Å². The summed E-state index contributed by atoms with van der Waals surface area (Å²) < 4.78 is 22.4. The fourth-order valence-electron chi connectivity index (χ4n) is 3.80. The minimum absolute atomic E-state index is 0.312. The van der Waals surface area contributed by atoms with Crippen LogP contribution in [0.4, 0.5) is 0 Å². The molecule has 3 heterocycles. The number of rotatable bonds is 6. The lowest BCUT2D eigenvalue weighted by atomic mass is 10.2. The molecule has 0 amide bonds. The maximum Gasteiger partial charge on any atom is 0.356 e. The van der Waals surface area contributed by atoms with E-state index in [0.29, 0.717) is 51.9 Å². The number of hydrogen-bond donors (Lipinski definition) is 0. The molecule has 1 aliphatic rings. The monoisotopic (exact) mass is 486 g/mol. The van der Waals surface area contributed by atoms with Crippen molar-refractivity contribution < 1.29 is 23.7 Å². The van der Waals surface area contributed by atoms with Crippen LogP contribution in [-0.2, 0) is 38.5 Å². The van der Waals surface area contributed by atoms with Crippen LogP contribution in [-0.4, -0.2) is 98.7 Å². The summed E-state index contributed by atoms with van der Waals surface area (Å²) >= 11 is 0. The molecule has 3 rings (SSSR count). The molecule has 0 aromatic carbocycles. The van der Waals surface area contributed by atoms with E-state index in [1.54, 1.807) is 6.07 Å². The molecule has 1 aliphatic heterocycles. The van der Waals surface area contributed by atoms with Gasteiger partial charge in [-0.25, -0.2) is 9.78 Å². The first-order valence-corrected chi connectivity index (χ1v) is 12.3. The molecule has 0 unspecified atom stereocenters. The molecule has 1 fully saturated rings. The predicted molar refractivity (Wildman–Crippen MR) is 132 cm³/mol. The van der Waals surface area contributed by atoms with Gasteiger partial charge < -0.3 is 18.9 Å². The molecule has 2 aromatic rings. The summed E-state index contributed by atoms with van der Waals surface area (Å²) in [6.07, 6.45) is 0.930. The third-order valence-corrected chi connectivity index (χ3v) is 5.78. The SMILES string of the molecule is CCc1cccc(CN2CCOCCOCCN(Cc3cccc(C(=O)OC)n3)CCOCC2)n1. The van der Waals surface area contributed by atoms with Crippen LogP contribution in [0, 0.1) is 0 Å². The van der Waals surface area contributed by atoms with E-state index in [0.717, 1.165) is 56.2 Å². The highest BCUT2D eigenvalue weighted by Crippen LogP contribution is 2.07. The molecule has 0 radical (unpaired) electrons. The number of pyridine rings is 2. The summed E-state index contributed by atoms with van der Waals surface area (Å²) in [5.41, 5.74) is 3.30. The summed E-state index contributed by atoms with van der Waals surface area (Å²) in [4.78, 5) is 25.5. The van der Waals surface area contributed by atoms with Gasteiger partial charge in [0.25, 0.3) is 0 Å². The average Bonchev–Trinajstić information content (AvgIpc) is 2.89. The van der Waals surface area contributed by atoms with Crippen molar-refractivity contribution in [2.24, 2.45) is 0 Å². The Balaban J connectivity index is 1.55. The van der Waals surface area contributed by atoms with Crippen LogP contribution in [0.2, 0.25) is 0 Å². The fourth-order valence-corrected chi connectivity index (χ4v) is 3.80. The van der Waals surface area contributed by atoms with Gasteiger partial charge in [-0.3, -0.25) is 14.8 Å². The zero-order chi connectivity index (χ0) is 24.7. The van der Waals surface area contributed by atoms with E-state index in [9.17, 15) is 4.79 Å². The van der Waals surface area contributed by atoms with Gasteiger partial charge in [-0.05, 0) is 30.7 Å². The van der Waals surface area contributed by atoms with E-state index < -0.39 is 5.97 Å². The number of nitrogens with zero attached hydrogens (tertiary/aromatic N) is 4. The minimum atomic E-state index is -0.434. The van der Waals surface area contributed by atoms with E-state index in [1.165, 1.54) is 7.11 Å². The summed E-state index contributed by atoms with van der Waals surface area (Å²) in [6.45, 7) is 10.2. The smallest absolute Gasteiger partial charge is 0.356 e. The van der Waals surface area contributed by atoms with Crippen LogP contribution in [0.3, 0.4) is 0 Å². The van der Waals surface area contributed by atoms with Crippen molar-refractivity contribution in [1.29, 1.82) is 0 Å². The van der Waals surface area contributed by atoms with Gasteiger partial charge in [0, 0.05) is 45.0 Å². The van der Waals surface area contributed by atoms with Gasteiger partial charge >= 0.3 is 5.97 Å². The molecule has 0 bridgehead atoms.